The van der Waals surface area contributed by atoms with Crippen molar-refractivity contribution in [2.75, 3.05) is 25.0 Å². The van der Waals surface area contributed by atoms with Crippen LogP contribution in [0.2, 0.25) is 0 Å². The van der Waals surface area contributed by atoms with Gasteiger partial charge in [0, 0.05) is 12.1 Å². The molecule has 0 spiro atoms. The lowest BCUT2D eigenvalue weighted by Gasteiger charge is -2.31. The summed E-state index contributed by atoms with van der Waals surface area (Å²) in [5, 5.41) is 14.4. The third kappa shape index (κ3) is 4.36. The van der Waals surface area contributed by atoms with E-state index in [0.717, 1.165) is 53.4 Å². The molecule has 0 atom stereocenters. The number of piperidine rings is 1. The Balaban J connectivity index is 1.39. The van der Waals surface area contributed by atoms with E-state index in [1.54, 1.807) is 6.92 Å². The molecule has 4 heterocycles. The Bertz CT molecular complexity index is 1060. The molecule has 1 fully saturated rings. The predicted molar refractivity (Wildman–Crippen MR) is 108 cm³/mol. The molecule has 3 aromatic heterocycles. The van der Waals surface area contributed by atoms with E-state index in [0.29, 0.717) is 30.4 Å². The standard InChI is InChI=1S/C20H26F3N7O/c1-11-12(2)18-26-27-19(20(21,22)23)30(18)28-17(11)24-9-15-5-7-29(8-6-15)10-16-25-13(3)14(4)31-16/h15H,5-10H2,1-4H3,(H,24,28). The van der Waals surface area contributed by atoms with Gasteiger partial charge in [-0.2, -0.15) is 17.7 Å². The average Bonchev–Trinajstić information content (AvgIpc) is 3.27. The molecule has 11 heteroatoms. The maximum Gasteiger partial charge on any atom is 0.453 e. The first-order valence-corrected chi connectivity index (χ1v) is 10.3. The van der Waals surface area contributed by atoms with Gasteiger partial charge in [-0.25, -0.2) is 4.98 Å². The minimum absolute atomic E-state index is 0.126. The Morgan fingerprint density at radius 1 is 1.06 bits per heavy atom. The number of halogens is 3. The van der Waals surface area contributed by atoms with Gasteiger partial charge in [0.05, 0.1) is 12.2 Å². The van der Waals surface area contributed by atoms with Crippen LogP contribution >= 0.6 is 0 Å². The highest BCUT2D eigenvalue weighted by Crippen LogP contribution is 2.30. The molecule has 3 aromatic rings. The Morgan fingerprint density at radius 2 is 1.77 bits per heavy atom. The molecule has 0 saturated carbocycles. The molecular formula is C20H26F3N7O. The number of rotatable bonds is 5. The number of hydrogen-bond donors (Lipinski definition) is 1. The molecule has 0 radical (unpaired) electrons. The van der Waals surface area contributed by atoms with E-state index in [9.17, 15) is 13.2 Å². The molecule has 31 heavy (non-hydrogen) atoms. The highest BCUT2D eigenvalue weighted by Gasteiger charge is 2.38. The lowest BCUT2D eigenvalue weighted by Crippen LogP contribution is -2.35. The van der Waals surface area contributed by atoms with Gasteiger partial charge >= 0.3 is 6.18 Å². The van der Waals surface area contributed by atoms with Crippen molar-refractivity contribution in [1.82, 2.24) is 29.7 Å². The van der Waals surface area contributed by atoms with Crippen molar-refractivity contribution in [2.24, 2.45) is 5.92 Å². The molecule has 0 aromatic carbocycles. The number of aryl methyl sites for hydroxylation is 3. The number of hydrogen-bond acceptors (Lipinski definition) is 7. The lowest BCUT2D eigenvalue weighted by molar-refractivity contribution is -0.146. The minimum Gasteiger partial charge on any atom is -0.444 e. The van der Waals surface area contributed by atoms with Crippen LogP contribution in [0.4, 0.5) is 19.0 Å². The molecule has 0 aliphatic carbocycles. The topological polar surface area (TPSA) is 84.4 Å². The van der Waals surface area contributed by atoms with Crippen LogP contribution < -0.4 is 5.32 Å². The van der Waals surface area contributed by atoms with Gasteiger partial charge in [-0.3, -0.25) is 4.90 Å². The Kier molecular flexibility index (Phi) is 5.63. The molecule has 1 aliphatic heterocycles. The Labute approximate surface area is 177 Å². The van der Waals surface area contributed by atoms with Gasteiger partial charge in [-0.05, 0) is 65.1 Å². The highest BCUT2D eigenvalue weighted by molar-refractivity contribution is 5.58. The van der Waals surface area contributed by atoms with Crippen molar-refractivity contribution in [3.63, 3.8) is 0 Å². The van der Waals surface area contributed by atoms with Gasteiger partial charge in [-0.15, -0.1) is 15.3 Å². The molecule has 168 valence electrons. The van der Waals surface area contributed by atoms with Crippen LogP contribution in [0.15, 0.2) is 4.42 Å². The normalized spacial score (nSPS) is 16.4. The third-order valence-electron chi connectivity index (χ3n) is 6.04. The molecule has 0 amide bonds. The number of aromatic nitrogens is 5. The predicted octanol–water partition coefficient (Wildman–Crippen LogP) is 3.69. The summed E-state index contributed by atoms with van der Waals surface area (Å²) in [6.45, 7) is 10.6. The lowest BCUT2D eigenvalue weighted by atomic mass is 9.96. The van der Waals surface area contributed by atoms with Crippen LogP contribution in [0.3, 0.4) is 0 Å². The zero-order valence-electron chi connectivity index (χ0n) is 18.0. The van der Waals surface area contributed by atoms with Crippen molar-refractivity contribution >= 4 is 11.5 Å². The van der Waals surface area contributed by atoms with E-state index in [-0.39, 0.29) is 5.65 Å². The molecule has 0 bridgehead atoms. The second-order valence-electron chi connectivity index (χ2n) is 8.21. The van der Waals surface area contributed by atoms with Crippen molar-refractivity contribution in [3.05, 3.63) is 34.3 Å². The van der Waals surface area contributed by atoms with E-state index >= 15 is 0 Å². The maximum absolute atomic E-state index is 13.2. The van der Waals surface area contributed by atoms with Crippen molar-refractivity contribution in [3.8, 4) is 0 Å². The van der Waals surface area contributed by atoms with Crippen LogP contribution in [-0.2, 0) is 12.7 Å². The van der Waals surface area contributed by atoms with Gasteiger partial charge in [0.1, 0.15) is 11.6 Å². The summed E-state index contributed by atoms with van der Waals surface area (Å²) in [7, 11) is 0. The van der Waals surface area contributed by atoms with Gasteiger partial charge in [-0.1, -0.05) is 0 Å². The van der Waals surface area contributed by atoms with Crippen LogP contribution in [0.25, 0.3) is 5.65 Å². The van der Waals surface area contributed by atoms with Crippen molar-refractivity contribution in [1.29, 1.82) is 0 Å². The summed E-state index contributed by atoms with van der Waals surface area (Å²) >= 11 is 0. The summed E-state index contributed by atoms with van der Waals surface area (Å²) in [6.07, 6.45) is -2.66. The van der Waals surface area contributed by atoms with E-state index in [1.807, 2.05) is 20.8 Å². The summed E-state index contributed by atoms with van der Waals surface area (Å²) in [5.41, 5.74) is 2.46. The first-order chi connectivity index (χ1) is 14.6. The first kappa shape index (κ1) is 21.5. The minimum atomic E-state index is -4.61. The summed E-state index contributed by atoms with van der Waals surface area (Å²) < 4.78 is 46.1. The molecule has 1 N–H and O–H groups in total. The molecule has 1 saturated heterocycles. The number of alkyl halides is 3. The monoisotopic (exact) mass is 437 g/mol. The number of nitrogens with zero attached hydrogens (tertiary/aromatic N) is 6. The third-order valence-corrected chi connectivity index (χ3v) is 6.04. The Hall–Kier alpha value is -2.69. The average molecular weight is 437 g/mol. The smallest absolute Gasteiger partial charge is 0.444 e. The van der Waals surface area contributed by atoms with Gasteiger partial charge < -0.3 is 9.73 Å². The number of fused-ring (bicyclic) bond motifs is 1. The van der Waals surface area contributed by atoms with Crippen LogP contribution in [0.1, 0.15) is 47.1 Å². The van der Waals surface area contributed by atoms with E-state index in [2.05, 4.69) is 30.5 Å². The van der Waals surface area contributed by atoms with Crippen LogP contribution in [-0.4, -0.2) is 49.3 Å². The van der Waals surface area contributed by atoms with Crippen LogP contribution in [0.5, 0.6) is 0 Å². The fourth-order valence-electron chi connectivity index (χ4n) is 3.86. The first-order valence-electron chi connectivity index (χ1n) is 10.3. The fourth-order valence-corrected chi connectivity index (χ4v) is 3.86. The largest absolute Gasteiger partial charge is 0.453 e. The summed E-state index contributed by atoms with van der Waals surface area (Å²) in [5.74, 6) is 1.32. The van der Waals surface area contributed by atoms with Gasteiger partial charge in [0.15, 0.2) is 5.65 Å². The SMILES string of the molecule is Cc1nc(CN2CCC(CNc3nn4c(C(F)(F)F)nnc4c(C)c3C)CC2)oc1C. The molecular weight excluding hydrogens is 411 g/mol. The van der Waals surface area contributed by atoms with E-state index < -0.39 is 12.0 Å². The zero-order chi connectivity index (χ0) is 22.3. The summed E-state index contributed by atoms with van der Waals surface area (Å²) in [6, 6.07) is 0. The number of likely N-dealkylation sites (tertiary alicyclic amines) is 1. The maximum atomic E-state index is 13.2. The highest BCUT2D eigenvalue weighted by atomic mass is 19.4. The van der Waals surface area contributed by atoms with Crippen LogP contribution in [0, 0.1) is 33.6 Å². The van der Waals surface area contributed by atoms with Crippen molar-refractivity contribution in [2.45, 2.75) is 53.3 Å². The number of nitrogens with one attached hydrogen (secondary N) is 1. The fraction of sp³-hybridized carbons (Fsp3) is 0.600. The van der Waals surface area contributed by atoms with Gasteiger partial charge in [0.25, 0.3) is 5.82 Å². The molecule has 8 nitrogen and oxygen atoms in total. The second kappa shape index (κ2) is 8.10. The molecule has 4 rings (SSSR count). The number of oxazole rings is 1. The summed E-state index contributed by atoms with van der Waals surface area (Å²) in [4.78, 5) is 6.75. The van der Waals surface area contributed by atoms with Crippen molar-refractivity contribution < 1.29 is 17.6 Å². The zero-order valence-corrected chi connectivity index (χ0v) is 18.0. The van der Waals surface area contributed by atoms with E-state index in [1.165, 1.54) is 0 Å². The Morgan fingerprint density at radius 3 is 2.39 bits per heavy atom. The quantitative estimate of drug-likeness (QED) is 0.652. The number of anilines is 1. The second-order valence-corrected chi connectivity index (χ2v) is 8.21. The van der Waals surface area contributed by atoms with E-state index in [4.69, 9.17) is 4.42 Å². The van der Waals surface area contributed by atoms with Gasteiger partial charge in [0.2, 0.25) is 5.89 Å². The molecule has 0 unspecified atom stereocenters. The molecule has 1 aliphatic rings.